The second-order valence-electron chi connectivity index (χ2n) is 13.3. The number of rotatable bonds is 10. The SMILES string of the molecule is [C-]#[N+]c1n[nH]c(CSCc2cc(CO[Si](c3ccccc3)(c3ccccc3)C(C)(C)C)n(C)n2)c1B1OC(C)(C)C(C)(C)O1. The largest absolute Gasteiger partial charge is 0.487 e. The average Bonchev–Trinajstić information content (AvgIpc) is 3.61. The van der Waals surface area contributed by atoms with Gasteiger partial charge in [-0.3, -0.25) is 4.68 Å². The number of hydrogen-bond donors (Lipinski definition) is 1. The molecule has 2 aromatic carbocycles. The van der Waals surface area contributed by atoms with Crippen LogP contribution in [0.4, 0.5) is 5.82 Å². The lowest BCUT2D eigenvalue weighted by atomic mass is 9.78. The van der Waals surface area contributed by atoms with Crippen LogP contribution in [-0.4, -0.2) is 46.6 Å². The van der Waals surface area contributed by atoms with Gasteiger partial charge in [0, 0.05) is 24.0 Å². The van der Waals surface area contributed by atoms with Crippen molar-refractivity contribution < 1.29 is 13.7 Å². The summed E-state index contributed by atoms with van der Waals surface area (Å²) < 4.78 is 21.6. The molecule has 11 heteroatoms. The zero-order chi connectivity index (χ0) is 31.8. The Kier molecular flexibility index (Phi) is 9.04. The minimum Gasteiger partial charge on any atom is -0.402 e. The minimum atomic E-state index is -2.66. The summed E-state index contributed by atoms with van der Waals surface area (Å²) in [5.41, 5.74) is 2.53. The summed E-state index contributed by atoms with van der Waals surface area (Å²) in [6.45, 7) is 23.0. The highest BCUT2D eigenvalue weighted by molar-refractivity contribution is 7.97. The van der Waals surface area contributed by atoms with Gasteiger partial charge in [0.2, 0.25) is 0 Å². The molecule has 0 unspecified atom stereocenters. The van der Waals surface area contributed by atoms with Crippen LogP contribution >= 0.6 is 11.8 Å². The van der Waals surface area contributed by atoms with Gasteiger partial charge in [0.25, 0.3) is 14.1 Å². The number of H-pyrrole nitrogens is 1. The molecule has 5 rings (SSSR count). The van der Waals surface area contributed by atoms with Crippen LogP contribution < -0.4 is 15.8 Å². The second-order valence-corrected chi connectivity index (χ2v) is 18.6. The second kappa shape index (κ2) is 12.3. The Balaban J connectivity index is 1.32. The predicted molar refractivity (Wildman–Crippen MR) is 181 cm³/mol. The molecular formula is C33H42BN5O3SSi. The molecule has 4 aromatic rings. The fraction of sp³-hybridized carbons (Fsp3) is 0.424. The minimum absolute atomic E-state index is 0.101. The number of nitrogens with one attached hydrogen (secondary N) is 1. The molecule has 1 saturated heterocycles. The van der Waals surface area contributed by atoms with Crippen LogP contribution in [-0.2, 0) is 38.9 Å². The molecule has 1 aliphatic heterocycles. The third-order valence-electron chi connectivity index (χ3n) is 8.83. The maximum Gasteiger partial charge on any atom is 0.487 e. The van der Waals surface area contributed by atoms with Crippen LogP contribution in [0.1, 0.15) is 65.5 Å². The molecule has 2 aromatic heterocycles. The lowest BCUT2D eigenvalue weighted by Gasteiger charge is -2.43. The molecule has 1 fully saturated rings. The maximum absolute atomic E-state index is 7.63. The lowest BCUT2D eigenvalue weighted by Crippen LogP contribution is -2.66. The highest BCUT2D eigenvalue weighted by atomic mass is 32.2. The van der Waals surface area contributed by atoms with Gasteiger partial charge in [-0.25, -0.2) is 5.10 Å². The Bertz CT molecular complexity index is 1570. The van der Waals surface area contributed by atoms with E-state index in [1.54, 1.807) is 11.8 Å². The summed E-state index contributed by atoms with van der Waals surface area (Å²) in [6, 6.07) is 23.5. The van der Waals surface area contributed by atoms with E-state index in [-0.39, 0.29) is 5.04 Å². The Morgan fingerprint density at radius 3 is 2.07 bits per heavy atom. The highest BCUT2D eigenvalue weighted by Crippen LogP contribution is 2.38. The summed E-state index contributed by atoms with van der Waals surface area (Å²) >= 11 is 1.71. The first-order valence-corrected chi connectivity index (χ1v) is 18.0. The molecule has 3 heterocycles. The summed E-state index contributed by atoms with van der Waals surface area (Å²) in [5.74, 6) is 1.61. The van der Waals surface area contributed by atoms with Gasteiger partial charge in [-0.15, -0.1) is 11.8 Å². The van der Waals surface area contributed by atoms with Crippen molar-refractivity contribution in [1.82, 2.24) is 20.0 Å². The maximum atomic E-state index is 7.63. The molecular weight excluding hydrogens is 585 g/mol. The van der Waals surface area contributed by atoms with Gasteiger partial charge >= 0.3 is 7.12 Å². The van der Waals surface area contributed by atoms with E-state index >= 15 is 0 Å². The predicted octanol–water partition coefficient (Wildman–Crippen LogP) is 5.50. The van der Waals surface area contributed by atoms with E-state index in [1.165, 1.54) is 10.4 Å². The van der Waals surface area contributed by atoms with Crippen molar-refractivity contribution in [2.75, 3.05) is 0 Å². The molecule has 1 N–H and O–H groups in total. The first kappa shape index (κ1) is 32.3. The topological polar surface area (TPSA) is 78.5 Å². The van der Waals surface area contributed by atoms with Crippen LogP contribution in [0.25, 0.3) is 4.85 Å². The zero-order valence-electron chi connectivity index (χ0n) is 27.0. The van der Waals surface area contributed by atoms with Gasteiger partial charge in [0.15, 0.2) is 0 Å². The molecule has 0 radical (unpaired) electrons. The summed E-state index contributed by atoms with van der Waals surface area (Å²) in [7, 11) is -1.32. The third kappa shape index (κ3) is 6.06. The van der Waals surface area contributed by atoms with Crippen LogP contribution in [0.3, 0.4) is 0 Å². The van der Waals surface area contributed by atoms with Crippen molar-refractivity contribution in [2.45, 2.75) is 82.8 Å². The third-order valence-corrected chi connectivity index (χ3v) is 14.8. The average molecular weight is 628 g/mol. The van der Waals surface area contributed by atoms with Crippen LogP contribution in [0.15, 0.2) is 66.7 Å². The molecule has 0 amide bonds. The van der Waals surface area contributed by atoms with E-state index in [1.807, 2.05) is 39.4 Å². The van der Waals surface area contributed by atoms with Crippen LogP contribution in [0.5, 0.6) is 0 Å². The van der Waals surface area contributed by atoms with E-state index in [9.17, 15) is 0 Å². The standard InChI is InChI=1S/C33H42BN5O3SSi/c1-31(2,3)44(26-16-12-10-13-17-26,27-18-14-11-15-19-27)40-21-25-20-24(38-39(25)9)22-43-23-28-29(30(35-8)37-36-28)34-41-32(4,5)33(6,7)42-34/h10-20H,21-23H2,1-7,9H3,(H,36,37). The van der Waals surface area contributed by atoms with Gasteiger partial charge in [-0.1, -0.05) is 88.0 Å². The van der Waals surface area contributed by atoms with E-state index in [0.29, 0.717) is 29.4 Å². The summed E-state index contributed by atoms with van der Waals surface area (Å²) in [4.78, 5) is 3.63. The van der Waals surface area contributed by atoms with Gasteiger partial charge in [-0.2, -0.15) is 5.10 Å². The van der Waals surface area contributed by atoms with E-state index in [2.05, 4.69) is 103 Å². The Labute approximate surface area is 267 Å². The first-order valence-electron chi connectivity index (χ1n) is 14.9. The number of nitrogens with zero attached hydrogens (tertiary/aromatic N) is 4. The van der Waals surface area contributed by atoms with Crippen molar-refractivity contribution in [3.8, 4) is 0 Å². The number of hydrogen-bond acceptors (Lipinski definition) is 6. The molecule has 0 bridgehead atoms. The molecule has 44 heavy (non-hydrogen) atoms. The monoisotopic (exact) mass is 627 g/mol. The quantitative estimate of drug-likeness (QED) is 0.185. The number of benzene rings is 2. The van der Waals surface area contributed by atoms with Gasteiger partial charge in [0.1, 0.15) is 0 Å². The van der Waals surface area contributed by atoms with Crippen LogP contribution in [0.2, 0.25) is 5.04 Å². The molecule has 230 valence electrons. The molecule has 0 saturated carbocycles. The summed E-state index contributed by atoms with van der Waals surface area (Å²) in [6.07, 6.45) is 0. The van der Waals surface area contributed by atoms with E-state index in [0.717, 1.165) is 17.1 Å². The van der Waals surface area contributed by atoms with Gasteiger partial charge in [0.05, 0.1) is 34.9 Å². The molecule has 0 atom stereocenters. The normalized spacial score (nSPS) is 16.3. The number of aryl methyl sites for hydroxylation is 1. The fourth-order valence-electron chi connectivity index (χ4n) is 5.76. The Morgan fingerprint density at radius 1 is 0.977 bits per heavy atom. The van der Waals surface area contributed by atoms with E-state index in [4.69, 9.17) is 25.4 Å². The molecule has 1 aliphatic rings. The summed E-state index contributed by atoms with van der Waals surface area (Å²) in [5, 5.41) is 14.5. The Morgan fingerprint density at radius 2 is 1.55 bits per heavy atom. The number of thioether (sulfide) groups is 1. The van der Waals surface area contributed by atoms with Crippen molar-refractivity contribution in [3.05, 3.63) is 95.2 Å². The molecule has 8 nitrogen and oxygen atoms in total. The van der Waals surface area contributed by atoms with Crippen molar-refractivity contribution in [1.29, 1.82) is 0 Å². The van der Waals surface area contributed by atoms with E-state index < -0.39 is 26.6 Å². The fourth-order valence-corrected chi connectivity index (χ4v) is 11.2. The lowest BCUT2D eigenvalue weighted by molar-refractivity contribution is 0.00578. The highest BCUT2D eigenvalue weighted by Gasteiger charge is 2.53. The van der Waals surface area contributed by atoms with Crippen molar-refractivity contribution >= 4 is 48.9 Å². The number of aromatic amines is 1. The van der Waals surface area contributed by atoms with Crippen LogP contribution in [0, 0.1) is 6.57 Å². The van der Waals surface area contributed by atoms with Crippen molar-refractivity contribution in [2.24, 2.45) is 7.05 Å². The smallest absolute Gasteiger partial charge is 0.402 e. The Hall–Kier alpha value is -3.14. The first-order chi connectivity index (χ1) is 20.8. The molecule has 0 spiro atoms. The zero-order valence-corrected chi connectivity index (χ0v) is 28.8. The van der Waals surface area contributed by atoms with Gasteiger partial charge in [-0.05, 0) is 54.3 Å². The molecule has 0 aliphatic carbocycles. The number of aromatic nitrogens is 4. The van der Waals surface area contributed by atoms with Crippen molar-refractivity contribution in [3.63, 3.8) is 0 Å². The van der Waals surface area contributed by atoms with Gasteiger partial charge < -0.3 is 18.6 Å².